The summed E-state index contributed by atoms with van der Waals surface area (Å²) in [6, 6.07) is 0. The lowest BCUT2D eigenvalue weighted by Gasteiger charge is -2.32. The molecule has 11 heteroatoms. The Kier molecular flexibility index (Phi) is 8.61. The quantitative estimate of drug-likeness (QED) is 0.425. The lowest BCUT2D eigenvalue weighted by molar-refractivity contribution is -0.130. The van der Waals surface area contributed by atoms with Crippen LogP contribution in [0.15, 0.2) is 24.5 Å². The van der Waals surface area contributed by atoms with Crippen LogP contribution in [0.25, 0.3) is 0 Å². The minimum absolute atomic E-state index is 0.229. The van der Waals surface area contributed by atoms with E-state index in [0.717, 1.165) is 43.9 Å². The van der Waals surface area contributed by atoms with Gasteiger partial charge < -0.3 is 9.64 Å². The highest BCUT2D eigenvalue weighted by atomic mass is 32.2. The molecule has 1 saturated carbocycles. The molecule has 202 valence electrons. The van der Waals surface area contributed by atoms with Crippen LogP contribution in [0, 0.1) is 23.7 Å². The second-order valence-electron chi connectivity index (χ2n) is 10.3. The van der Waals surface area contributed by atoms with E-state index in [9.17, 15) is 21.6 Å². The van der Waals surface area contributed by atoms with Crippen molar-refractivity contribution in [2.45, 2.75) is 51.6 Å². The molecule has 1 aliphatic carbocycles. The van der Waals surface area contributed by atoms with Gasteiger partial charge in [0, 0.05) is 51.1 Å². The van der Waals surface area contributed by atoms with Crippen molar-refractivity contribution < 1.29 is 26.3 Å². The summed E-state index contributed by atoms with van der Waals surface area (Å²) in [5.74, 6) is 1.63. The van der Waals surface area contributed by atoms with Gasteiger partial charge in [0.1, 0.15) is 0 Å². The zero-order valence-electron chi connectivity index (χ0n) is 20.9. The van der Waals surface area contributed by atoms with E-state index in [1.807, 2.05) is 12.4 Å². The van der Waals surface area contributed by atoms with Crippen molar-refractivity contribution >= 4 is 16.0 Å². The van der Waals surface area contributed by atoms with E-state index in [4.69, 9.17) is 4.74 Å². The zero-order valence-corrected chi connectivity index (χ0v) is 21.7. The molecule has 2 aliphatic heterocycles. The monoisotopic (exact) mass is 530 g/mol. The summed E-state index contributed by atoms with van der Waals surface area (Å²) in [7, 11) is -3.87. The highest BCUT2D eigenvalue weighted by Gasteiger charge is 2.48. The first-order chi connectivity index (χ1) is 17.1. The number of alkyl halides is 3. The van der Waals surface area contributed by atoms with Gasteiger partial charge in [0.05, 0.1) is 18.8 Å². The fourth-order valence-electron chi connectivity index (χ4n) is 5.49. The number of anilines is 1. The molecule has 0 N–H and O–H groups in total. The van der Waals surface area contributed by atoms with Gasteiger partial charge in [-0.3, -0.25) is 0 Å². The number of nitrogens with zero attached hydrogens (tertiary/aromatic N) is 4. The third-order valence-electron chi connectivity index (χ3n) is 7.92. The van der Waals surface area contributed by atoms with Crippen LogP contribution in [0.4, 0.5) is 19.1 Å². The number of piperidine rings is 2. The maximum Gasteiger partial charge on any atom is 0.390 e. The highest BCUT2D eigenvalue weighted by Crippen LogP contribution is 2.52. The van der Waals surface area contributed by atoms with Crippen LogP contribution in [0.2, 0.25) is 0 Å². The number of hydrogen-bond donors (Lipinski definition) is 0. The summed E-state index contributed by atoms with van der Waals surface area (Å²) >= 11 is 0. The Morgan fingerprint density at radius 1 is 1.06 bits per heavy atom. The third kappa shape index (κ3) is 6.98. The summed E-state index contributed by atoms with van der Waals surface area (Å²) in [6.07, 6.45) is 2.37. The Hall–Kier alpha value is -1.72. The molecule has 2 atom stereocenters. The van der Waals surface area contributed by atoms with E-state index in [-0.39, 0.29) is 19.0 Å². The van der Waals surface area contributed by atoms with E-state index in [2.05, 4.69) is 28.4 Å². The van der Waals surface area contributed by atoms with Crippen LogP contribution in [-0.4, -0.2) is 74.0 Å². The molecule has 3 fully saturated rings. The second-order valence-corrected chi connectivity index (χ2v) is 12.4. The number of sulfonamides is 1. The van der Waals surface area contributed by atoms with Crippen LogP contribution in [-0.2, 0) is 21.2 Å². The smallest absolute Gasteiger partial charge is 0.381 e. The van der Waals surface area contributed by atoms with E-state index < -0.39 is 28.4 Å². The van der Waals surface area contributed by atoms with Gasteiger partial charge in [-0.15, -0.1) is 0 Å². The van der Waals surface area contributed by atoms with Gasteiger partial charge in [-0.25, -0.2) is 22.7 Å². The summed E-state index contributed by atoms with van der Waals surface area (Å²) in [5.41, 5.74) is 2.41. The predicted molar refractivity (Wildman–Crippen MR) is 132 cm³/mol. The Bertz CT molecular complexity index is 987. The molecule has 0 spiro atoms. The van der Waals surface area contributed by atoms with Crippen molar-refractivity contribution in [2.75, 3.05) is 50.0 Å². The highest BCUT2D eigenvalue weighted by molar-refractivity contribution is 7.89. The Morgan fingerprint density at radius 2 is 1.69 bits per heavy atom. The number of aromatic nitrogens is 2. The van der Waals surface area contributed by atoms with Crippen LogP contribution in [0.1, 0.15) is 44.6 Å². The van der Waals surface area contributed by atoms with Crippen molar-refractivity contribution in [3.05, 3.63) is 30.1 Å². The maximum atomic E-state index is 12.4. The fraction of sp³-hybridized carbons (Fsp3) is 0.760. The molecule has 2 saturated heterocycles. The van der Waals surface area contributed by atoms with Gasteiger partial charge >= 0.3 is 6.18 Å². The summed E-state index contributed by atoms with van der Waals surface area (Å²) in [6.45, 7) is 9.95. The average molecular weight is 531 g/mol. The molecule has 36 heavy (non-hydrogen) atoms. The van der Waals surface area contributed by atoms with Crippen LogP contribution in [0.5, 0.6) is 0 Å². The lowest BCUT2D eigenvalue weighted by atomic mass is 9.91. The normalized spacial score (nSPS) is 24.9. The lowest BCUT2D eigenvalue weighted by Crippen LogP contribution is -2.41. The standard InChI is InChI=1S/C25H37F3N4O3S/c1-3-19-14-29-24(30-15-19)31-9-6-21(7-10-31)23-18(2)22(23)17-35-16-20-4-11-32(12-5-20)36(33,34)13-8-25(26,27)28/h14-15,20-23H,2-13,16-17H2,1H3. The number of hydrogen-bond acceptors (Lipinski definition) is 6. The van der Waals surface area contributed by atoms with E-state index in [0.29, 0.717) is 43.8 Å². The molecule has 0 bridgehead atoms. The number of rotatable bonds is 10. The number of halogens is 3. The molecule has 3 aliphatic rings. The topological polar surface area (TPSA) is 75.6 Å². The number of ether oxygens (including phenoxy) is 1. The molecule has 0 radical (unpaired) electrons. The number of aryl methyl sites for hydroxylation is 1. The molecule has 2 unspecified atom stereocenters. The fourth-order valence-corrected chi connectivity index (χ4v) is 7.00. The largest absolute Gasteiger partial charge is 0.390 e. The Morgan fingerprint density at radius 3 is 2.28 bits per heavy atom. The van der Waals surface area contributed by atoms with Crippen molar-refractivity contribution in [3.63, 3.8) is 0 Å². The molecule has 4 rings (SSSR count). The summed E-state index contributed by atoms with van der Waals surface area (Å²) < 4.78 is 68.7. The molecule has 1 aromatic rings. The van der Waals surface area contributed by atoms with Gasteiger partial charge in [0.25, 0.3) is 0 Å². The molecular formula is C25H37F3N4O3S. The predicted octanol–water partition coefficient (Wildman–Crippen LogP) is 4.07. The molecule has 1 aromatic heterocycles. The Labute approximate surface area is 212 Å². The van der Waals surface area contributed by atoms with Crippen molar-refractivity contribution in [2.24, 2.45) is 23.7 Å². The van der Waals surface area contributed by atoms with Crippen molar-refractivity contribution in [1.82, 2.24) is 14.3 Å². The summed E-state index contributed by atoms with van der Waals surface area (Å²) in [5, 5.41) is 0. The molecule has 0 aromatic carbocycles. The zero-order chi connectivity index (χ0) is 25.9. The van der Waals surface area contributed by atoms with E-state index in [1.54, 1.807) is 0 Å². The first-order valence-corrected chi connectivity index (χ1v) is 14.5. The average Bonchev–Trinajstić information content (AvgIpc) is 3.51. The van der Waals surface area contributed by atoms with Crippen LogP contribution in [0.3, 0.4) is 0 Å². The first-order valence-electron chi connectivity index (χ1n) is 12.9. The van der Waals surface area contributed by atoms with Crippen LogP contribution >= 0.6 is 0 Å². The summed E-state index contributed by atoms with van der Waals surface area (Å²) in [4.78, 5) is 11.3. The van der Waals surface area contributed by atoms with Crippen molar-refractivity contribution in [1.29, 1.82) is 0 Å². The minimum Gasteiger partial charge on any atom is -0.381 e. The molecular weight excluding hydrogens is 493 g/mol. The molecule has 7 nitrogen and oxygen atoms in total. The molecule has 3 heterocycles. The Balaban J connectivity index is 1.13. The van der Waals surface area contributed by atoms with Gasteiger partial charge in [-0.1, -0.05) is 19.1 Å². The maximum absolute atomic E-state index is 12.4. The van der Waals surface area contributed by atoms with Gasteiger partial charge in [-0.05, 0) is 55.4 Å². The van der Waals surface area contributed by atoms with Gasteiger partial charge in [0.15, 0.2) is 0 Å². The van der Waals surface area contributed by atoms with Crippen LogP contribution < -0.4 is 4.90 Å². The van der Waals surface area contributed by atoms with Gasteiger partial charge in [0.2, 0.25) is 16.0 Å². The molecule has 0 amide bonds. The minimum atomic E-state index is -4.46. The van der Waals surface area contributed by atoms with E-state index in [1.165, 1.54) is 9.88 Å². The third-order valence-corrected chi connectivity index (χ3v) is 9.79. The van der Waals surface area contributed by atoms with Gasteiger partial charge in [-0.2, -0.15) is 13.2 Å². The second kappa shape index (κ2) is 11.3. The van der Waals surface area contributed by atoms with E-state index >= 15 is 0 Å². The van der Waals surface area contributed by atoms with Crippen molar-refractivity contribution in [3.8, 4) is 0 Å². The first kappa shape index (κ1) is 27.3. The SMILES string of the molecule is C=C1C(COCC2CCN(S(=O)(=O)CCC(F)(F)F)CC2)C1C1CCN(c2ncc(CC)cn2)CC1.